The Kier molecular flexibility index (Phi) is 2.13. The average molecular weight is 199 g/mol. The molecule has 14 heavy (non-hydrogen) atoms. The van der Waals surface area contributed by atoms with Crippen molar-refractivity contribution in [1.29, 1.82) is 0 Å². The predicted molar refractivity (Wildman–Crippen MR) is 47.5 cm³/mol. The Morgan fingerprint density at radius 3 is 2.93 bits per heavy atom. The summed E-state index contributed by atoms with van der Waals surface area (Å²) in [6.07, 6.45) is 1.53. The van der Waals surface area contributed by atoms with Crippen LogP contribution in [-0.4, -0.2) is 17.5 Å². The molecule has 0 unspecified atom stereocenters. The van der Waals surface area contributed by atoms with E-state index in [0.717, 1.165) is 5.56 Å². The topological polar surface area (TPSA) is 22.1 Å². The first-order valence-corrected chi connectivity index (χ1v) is 4.52. The number of aryl methyl sites for hydroxylation is 1. The first kappa shape index (κ1) is 9.37. The van der Waals surface area contributed by atoms with E-state index in [0.29, 0.717) is 5.88 Å². The van der Waals surface area contributed by atoms with E-state index in [1.54, 1.807) is 12.3 Å². The van der Waals surface area contributed by atoms with Gasteiger partial charge in [-0.15, -0.1) is 0 Å². The zero-order valence-corrected chi connectivity index (χ0v) is 7.84. The molecule has 76 valence electrons. The number of hydrogen-bond donors (Lipinski definition) is 0. The second kappa shape index (κ2) is 3.19. The highest BCUT2D eigenvalue weighted by Gasteiger charge is 2.57. The zero-order chi connectivity index (χ0) is 10.2. The van der Waals surface area contributed by atoms with Gasteiger partial charge in [-0.3, -0.25) is 0 Å². The summed E-state index contributed by atoms with van der Waals surface area (Å²) in [5, 5.41) is 0. The van der Waals surface area contributed by atoms with Crippen LogP contribution in [0.2, 0.25) is 0 Å². The molecule has 1 saturated carbocycles. The first-order chi connectivity index (χ1) is 6.59. The molecule has 1 atom stereocenters. The highest BCUT2D eigenvalue weighted by molar-refractivity contribution is 5.23. The van der Waals surface area contributed by atoms with Gasteiger partial charge in [0.2, 0.25) is 5.88 Å². The molecule has 1 aliphatic rings. The van der Waals surface area contributed by atoms with E-state index in [-0.39, 0.29) is 13.0 Å². The molecule has 1 fully saturated rings. The van der Waals surface area contributed by atoms with Gasteiger partial charge in [-0.05, 0) is 13.0 Å². The second-order valence-electron chi connectivity index (χ2n) is 3.60. The Morgan fingerprint density at radius 2 is 2.36 bits per heavy atom. The molecule has 1 heterocycles. The van der Waals surface area contributed by atoms with Gasteiger partial charge < -0.3 is 4.74 Å². The Morgan fingerprint density at radius 1 is 1.64 bits per heavy atom. The van der Waals surface area contributed by atoms with E-state index in [9.17, 15) is 8.78 Å². The normalized spacial score (nSPS) is 23.2. The molecule has 1 aromatic rings. The smallest absolute Gasteiger partial charge is 0.255 e. The van der Waals surface area contributed by atoms with Crippen molar-refractivity contribution in [3.8, 4) is 5.88 Å². The van der Waals surface area contributed by atoms with Gasteiger partial charge in [0, 0.05) is 18.2 Å². The van der Waals surface area contributed by atoms with Crippen molar-refractivity contribution in [2.45, 2.75) is 19.3 Å². The van der Waals surface area contributed by atoms with Gasteiger partial charge in [0.25, 0.3) is 5.92 Å². The maximum Gasteiger partial charge on any atom is 0.255 e. The van der Waals surface area contributed by atoms with Crippen LogP contribution >= 0.6 is 0 Å². The molecule has 0 aliphatic heterocycles. The molecular weight excluding hydrogens is 188 g/mol. The highest BCUT2D eigenvalue weighted by atomic mass is 19.3. The van der Waals surface area contributed by atoms with Crippen molar-refractivity contribution < 1.29 is 13.5 Å². The summed E-state index contributed by atoms with van der Waals surface area (Å²) in [6, 6.07) is 3.63. The lowest BCUT2D eigenvalue weighted by Crippen LogP contribution is -2.07. The quantitative estimate of drug-likeness (QED) is 0.745. The van der Waals surface area contributed by atoms with E-state index in [2.05, 4.69) is 4.98 Å². The molecule has 0 spiro atoms. The van der Waals surface area contributed by atoms with Gasteiger partial charge in [-0.25, -0.2) is 13.8 Å². The van der Waals surface area contributed by atoms with Gasteiger partial charge in [0.05, 0.1) is 12.5 Å². The third kappa shape index (κ3) is 1.84. The summed E-state index contributed by atoms with van der Waals surface area (Å²) < 4.78 is 30.2. The third-order valence-corrected chi connectivity index (χ3v) is 2.34. The number of halogens is 2. The molecule has 0 bridgehead atoms. The number of hydrogen-bond acceptors (Lipinski definition) is 2. The minimum Gasteiger partial charge on any atom is -0.477 e. The molecule has 2 nitrogen and oxygen atoms in total. The fourth-order valence-electron chi connectivity index (χ4n) is 1.25. The van der Waals surface area contributed by atoms with Gasteiger partial charge >= 0.3 is 0 Å². The van der Waals surface area contributed by atoms with Crippen LogP contribution in [0, 0.1) is 12.8 Å². The summed E-state index contributed by atoms with van der Waals surface area (Å²) in [6.45, 7) is 1.90. The largest absolute Gasteiger partial charge is 0.477 e. The van der Waals surface area contributed by atoms with Gasteiger partial charge in [0.1, 0.15) is 0 Å². The maximum atomic E-state index is 12.5. The number of ether oxygens (including phenoxy) is 1. The minimum absolute atomic E-state index is 0.0567. The summed E-state index contributed by atoms with van der Waals surface area (Å²) in [5.74, 6) is -2.68. The van der Waals surface area contributed by atoms with Gasteiger partial charge in [-0.2, -0.15) is 0 Å². The van der Waals surface area contributed by atoms with E-state index >= 15 is 0 Å². The molecule has 4 heteroatoms. The number of pyridine rings is 1. The van der Waals surface area contributed by atoms with Crippen molar-refractivity contribution in [3.63, 3.8) is 0 Å². The van der Waals surface area contributed by atoms with Crippen LogP contribution in [0.5, 0.6) is 5.88 Å². The SMILES string of the molecule is Cc1cccnc1OC[C@@H]1CC1(F)F. The standard InChI is InChI=1S/C10H11F2NO/c1-7-3-2-4-13-9(7)14-6-8-5-10(8,11)12/h2-4,8H,5-6H2,1H3/t8-/m0/s1. The summed E-state index contributed by atoms with van der Waals surface area (Å²) in [4.78, 5) is 3.96. The van der Waals surface area contributed by atoms with Crippen LogP contribution in [0.3, 0.4) is 0 Å². The Labute approximate surface area is 80.9 Å². The number of alkyl halides is 2. The summed E-state index contributed by atoms with van der Waals surface area (Å²) in [7, 11) is 0. The lowest BCUT2D eigenvalue weighted by atomic mass is 10.3. The zero-order valence-electron chi connectivity index (χ0n) is 7.84. The van der Waals surface area contributed by atoms with Crippen LogP contribution in [0.25, 0.3) is 0 Å². The fraction of sp³-hybridized carbons (Fsp3) is 0.500. The van der Waals surface area contributed by atoms with Crippen molar-refractivity contribution in [3.05, 3.63) is 23.9 Å². The maximum absolute atomic E-state index is 12.5. The lowest BCUT2D eigenvalue weighted by molar-refractivity contribution is 0.0848. The Hall–Kier alpha value is -1.19. The van der Waals surface area contributed by atoms with Crippen LogP contribution in [-0.2, 0) is 0 Å². The van der Waals surface area contributed by atoms with E-state index < -0.39 is 11.8 Å². The van der Waals surface area contributed by atoms with Crippen LogP contribution in [0.4, 0.5) is 8.78 Å². The number of aromatic nitrogens is 1. The molecule has 0 radical (unpaired) electrons. The van der Waals surface area contributed by atoms with Gasteiger partial charge in [0.15, 0.2) is 0 Å². The average Bonchev–Trinajstić information content (AvgIpc) is 2.73. The molecule has 0 amide bonds. The van der Waals surface area contributed by atoms with Crippen molar-refractivity contribution in [2.24, 2.45) is 5.92 Å². The molecule has 1 aliphatic carbocycles. The fourth-order valence-corrected chi connectivity index (χ4v) is 1.25. The van der Waals surface area contributed by atoms with Crippen molar-refractivity contribution >= 4 is 0 Å². The van der Waals surface area contributed by atoms with Crippen LogP contribution in [0.15, 0.2) is 18.3 Å². The first-order valence-electron chi connectivity index (χ1n) is 4.52. The van der Waals surface area contributed by atoms with Gasteiger partial charge in [-0.1, -0.05) is 6.07 Å². The minimum atomic E-state index is -2.51. The van der Waals surface area contributed by atoms with Crippen LogP contribution < -0.4 is 4.74 Å². The lowest BCUT2D eigenvalue weighted by Gasteiger charge is -2.06. The highest BCUT2D eigenvalue weighted by Crippen LogP contribution is 2.48. The van der Waals surface area contributed by atoms with E-state index in [4.69, 9.17) is 4.74 Å². The number of nitrogens with zero attached hydrogens (tertiary/aromatic N) is 1. The summed E-state index contributed by atoms with van der Waals surface area (Å²) >= 11 is 0. The molecule has 0 aromatic carbocycles. The number of rotatable bonds is 3. The predicted octanol–water partition coefficient (Wildman–Crippen LogP) is 2.42. The summed E-state index contributed by atoms with van der Waals surface area (Å²) in [5.41, 5.74) is 0.872. The molecule has 0 N–H and O–H groups in total. The molecule has 2 rings (SSSR count). The molecule has 1 aromatic heterocycles. The van der Waals surface area contributed by atoms with Crippen molar-refractivity contribution in [1.82, 2.24) is 4.98 Å². The molecular formula is C10H11F2NO. The van der Waals surface area contributed by atoms with Crippen LogP contribution in [0.1, 0.15) is 12.0 Å². The monoisotopic (exact) mass is 199 g/mol. The van der Waals surface area contributed by atoms with E-state index in [1.807, 2.05) is 13.0 Å². The third-order valence-electron chi connectivity index (χ3n) is 2.34. The molecule has 0 saturated heterocycles. The van der Waals surface area contributed by atoms with Crippen molar-refractivity contribution in [2.75, 3.05) is 6.61 Å². The van der Waals surface area contributed by atoms with E-state index in [1.165, 1.54) is 0 Å². The Balaban J connectivity index is 1.90. The second-order valence-corrected chi connectivity index (χ2v) is 3.60. The Bertz CT molecular complexity index is 341.